The number of nitrogens with one attached hydrogen (secondary N) is 1. The Labute approximate surface area is 193 Å². The summed E-state index contributed by atoms with van der Waals surface area (Å²) in [6.45, 7) is 1.43. The van der Waals surface area contributed by atoms with Gasteiger partial charge in [0, 0.05) is 19.2 Å². The van der Waals surface area contributed by atoms with Gasteiger partial charge < -0.3 is 15.0 Å². The van der Waals surface area contributed by atoms with E-state index >= 15 is 0 Å². The average molecular weight is 491 g/mol. The fourth-order valence-electron chi connectivity index (χ4n) is 3.80. The van der Waals surface area contributed by atoms with Crippen LogP contribution in [0.25, 0.3) is 16.7 Å². The van der Waals surface area contributed by atoms with E-state index in [-0.39, 0.29) is 22.5 Å². The summed E-state index contributed by atoms with van der Waals surface area (Å²) >= 11 is 0. The van der Waals surface area contributed by atoms with E-state index in [9.17, 15) is 27.2 Å². The van der Waals surface area contributed by atoms with Crippen molar-refractivity contribution in [3.63, 3.8) is 0 Å². The molecule has 1 aliphatic heterocycles. The Morgan fingerprint density at radius 1 is 1.11 bits per heavy atom. The second-order valence-electron chi connectivity index (χ2n) is 7.76. The number of morpholine rings is 1. The lowest BCUT2D eigenvalue weighted by Gasteiger charge is -2.28. The molecule has 0 atom stereocenters. The molecule has 0 bridgehead atoms. The predicted molar refractivity (Wildman–Crippen MR) is 116 cm³/mol. The third kappa shape index (κ3) is 4.39. The van der Waals surface area contributed by atoms with Crippen molar-refractivity contribution in [2.75, 3.05) is 36.5 Å². The number of carbonyl (C=O) groups excluding carboxylic acids is 1. The number of alkyl halides is 3. The van der Waals surface area contributed by atoms with E-state index in [0.717, 1.165) is 21.3 Å². The molecular weight excluding hydrogens is 474 g/mol. The average Bonchev–Trinajstić information content (AvgIpc) is 3.30. The van der Waals surface area contributed by atoms with Gasteiger partial charge in [0.05, 0.1) is 36.7 Å². The minimum Gasteiger partial charge on any atom is -0.378 e. The number of hydrogen-bond donors (Lipinski definition) is 1. The molecule has 1 saturated heterocycles. The van der Waals surface area contributed by atoms with Crippen LogP contribution in [0.15, 0.2) is 41.5 Å². The number of hydrogen-bond acceptors (Lipinski definition) is 7. The topological polar surface area (TPSA) is 107 Å². The van der Waals surface area contributed by atoms with Gasteiger partial charge in [-0.1, -0.05) is 0 Å². The van der Waals surface area contributed by atoms with Crippen LogP contribution in [-0.4, -0.2) is 56.4 Å². The Morgan fingerprint density at radius 3 is 2.57 bits per heavy atom. The molecule has 5 heterocycles. The zero-order valence-corrected chi connectivity index (χ0v) is 17.9. The van der Waals surface area contributed by atoms with Crippen LogP contribution in [0.5, 0.6) is 0 Å². The van der Waals surface area contributed by atoms with Crippen molar-refractivity contribution in [3.05, 3.63) is 58.5 Å². The number of amides is 1. The first-order valence-electron chi connectivity index (χ1n) is 10.4. The highest BCUT2D eigenvalue weighted by atomic mass is 19.4. The molecule has 5 rings (SSSR count). The van der Waals surface area contributed by atoms with Crippen LogP contribution < -0.4 is 15.8 Å². The molecule has 1 fully saturated rings. The van der Waals surface area contributed by atoms with E-state index in [1.54, 1.807) is 0 Å². The van der Waals surface area contributed by atoms with Crippen LogP contribution in [0.1, 0.15) is 5.69 Å². The summed E-state index contributed by atoms with van der Waals surface area (Å²) in [5.74, 6) is -1.35. The molecule has 35 heavy (non-hydrogen) atoms. The van der Waals surface area contributed by atoms with E-state index in [1.807, 2.05) is 4.90 Å². The van der Waals surface area contributed by atoms with Crippen molar-refractivity contribution in [2.24, 2.45) is 0 Å². The van der Waals surface area contributed by atoms with Crippen LogP contribution in [0.3, 0.4) is 0 Å². The second kappa shape index (κ2) is 8.61. The normalized spacial score (nSPS) is 14.6. The number of halogens is 4. The molecule has 1 amide bonds. The number of fused-ring (bicyclic) bond motifs is 3. The van der Waals surface area contributed by atoms with Crippen molar-refractivity contribution in [1.29, 1.82) is 0 Å². The maximum Gasteiger partial charge on any atom is 0.435 e. The molecular formula is C21H17F4N7O3. The summed E-state index contributed by atoms with van der Waals surface area (Å²) in [6.07, 6.45) is -2.44. The molecule has 0 aliphatic carbocycles. The van der Waals surface area contributed by atoms with Crippen molar-refractivity contribution < 1.29 is 27.1 Å². The highest BCUT2D eigenvalue weighted by Crippen LogP contribution is 2.29. The quantitative estimate of drug-likeness (QED) is 0.436. The maximum atomic E-state index is 13.4. The number of carbonyl (C=O) groups is 1. The van der Waals surface area contributed by atoms with Gasteiger partial charge in [0.1, 0.15) is 23.8 Å². The standard InChI is InChI=1S/C21H17F4N7O3/c22-12-1-2-16(26-9-12)28-17(33)11-31-18-8-15(21(23,24)25)29-32(18)19-14(20(31)34)7-13(10-27-19)30-3-5-35-6-4-30/h1-2,7-10H,3-6,11H2,(H,26,28,33). The van der Waals surface area contributed by atoms with Crippen molar-refractivity contribution >= 4 is 34.1 Å². The van der Waals surface area contributed by atoms with Gasteiger partial charge in [-0.25, -0.2) is 14.4 Å². The first kappa shape index (κ1) is 22.7. The van der Waals surface area contributed by atoms with E-state index in [4.69, 9.17) is 4.74 Å². The highest BCUT2D eigenvalue weighted by molar-refractivity contribution is 5.90. The third-order valence-electron chi connectivity index (χ3n) is 5.46. The fourth-order valence-corrected chi connectivity index (χ4v) is 3.80. The molecule has 0 unspecified atom stereocenters. The Bertz CT molecular complexity index is 1480. The monoisotopic (exact) mass is 491 g/mol. The van der Waals surface area contributed by atoms with Crippen LogP contribution in [0.2, 0.25) is 0 Å². The van der Waals surface area contributed by atoms with Crippen LogP contribution in [-0.2, 0) is 22.3 Å². The molecule has 0 spiro atoms. The predicted octanol–water partition coefficient (Wildman–Crippen LogP) is 2.07. The van der Waals surface area contributed by atoms with E-state index in [2.05, 4.69) is 20.4 Å². The summed E-state index contributed by atoms with van der Waals surface area (Å²) in [7, 11) is 0. The molecule has 0 saturated carbocycles. The second-order valence-corrected chi connectivity index (χ2v) is 7.76. The Hall–Kier alpha value is -4.07. The van der Waals surface area contributed by atoms with Crippen LogP contribution in [0.4, 0.5) is 29.1 Å². The SMILES string of the molecule is O=C(Cn1c(=O)c2cc(N3CCOCC3)cnc2n2nc(C(F)(F)F)cc12)Nc1ccc(F)cn1. The zero-order chi connectivity index (χ0) is 24.7. The maximum absolute atomic E-state index is 13.4. The first-order valence-corrected chi connectivity index (χ1v) is 10.4. The number of aromatic nitrogens is 5. The Kier molecular flexibility index (Phi) is 5.59. The van der Waals surface area contributed by atoms with Crippen molar-refractivity contribution in [3.8, 4) is 0 Å². The van der Waals surface area contributed by atoms with Gasteiger partial charge in [-0.3, -0.25) is 14.2 Å². The molecule has 1 N–H and O–H groups in total. The summed E-state index contributed by atoms with van der Waals surface area (Å²) in [5.41, 5.74) is -1.70. The summed E-state index contributed by atoms with van der Waals surface area (Å²) in [6, 6.07) is 4.49. The Balaban J connectivity index is 1.62. The lowest BCUT2D eigenvalue weighted by molar-refractivity contribution is -0.141. The van der Waals surface area contributed by atoms with Crippen LogP contribution in [0, 0.1) is 5.82 Å². The highest BCUT2D eigenvalue weighted by Gasteiger charge is 2.35. The van der Waals surface area contributed by atoms with Crippen molar-refractivity contribution in [2.45, 2.75) is 12.7 Å². The smallest absolute Gasteiger partial charge is 0.378 e. The molecule has 14 heteroatoms. The van der Waals surface area contributed by atoms with Gasteiger partial charge in [-0.2, -0.15) is 22.8 Å². The van der Waals surface area contributed by atoms with E-state index < -0.39 is 35.7 Å². The van der Waals surface area contributed by atoms with E-state index in [1.165, 1.54) is 18.3 Å². The van der Waals surface area contributed by atoms with Crippen LogP contribution >= 0.6 is 0 Å². The lowest BCUT2D eigenvalue weighted by atomic mass is 10.2. The zero-order valence-electron chi connectivity index (χ0n) is 17.9. The molecule has 0 radical (unpaired) electrons. The van der Waals surface area contributed by atoms with Gasteiger partial charge in [-0.15, -0.1) is 0 Å². The number of ether oxygens (including phenoxy) is 1. The van der Waals surface area contributed by atoms with Crippen molar-refractivity contribution in [1.82, 2.24) is 24.1 Å². The first-order chi connectivity index (χ1) is 16.7. The summed E-state index contributed by atoms with van der Waals surface area (Å²) in [4.78, 5) is 35.9. The summed E-state index contributed by atoms with van der Waals surface area (Å²) in [5, 5.41) is 5.99. The number of pyridine rings is 2. The molecule has 4 aromatic heterocycles. The molecule has 1 aliphatic rings. The number of nitrogens with zero attached hydrogens (tertiary/aromatic N) is 6. The third-order valence-corrected chi connectivity index (χ3v) is 5.46. The number of rotatable bonds is 4. The van der Waals surface area contributed by atoms with Gasteiger partial charge in [0.2, 0.25) is 5.91 Å². The molecule has 4 aromatic rings. The fraction of sp³-hybridized carbons (Fsp3) is 0.286. The minimum atomic E-state index is -4.78. The van der Waals surface area contributed by atoms with Gasteiger partial charge >= 0.3 is 6.18 Å². The van der Waals surface area contributed by atoms with Gasteiger partial charge in [0.25, 0.3) is 5.56 Å². The number of anilines is 2. The molecule has 182 valence electrons. The largest absolute Gasteiger partial charge is 0.435 e. The van der Waals surface area contributed by atoms with Gasteiger partial charge in [-0.05, 0) is 18.2 Å². The molecule has 0 aromatic carbocycles. The van der Waals surface area contributed by atoms with Gasteiger partial charge in [0.15, 0.2) is 11.3 Å². The van der Waals surface area contributed by atoms with E-state index in [0.29, 0.717) is 38.1 Å². The minimum absolute atomic E-state index is 0.00831. The molecule has 10 nitrogen and oxygen atoms in total. The summed E-state index contributed by atoms with van der Waals surface area (Å²) < 4.78 is 60.5. The Morgan fingerprint density at radius 2 is 1.89 bits per heavy atom. The lowest BCUT2D eigenvalue weighted by Crippen LogP contribution is -2.36.